The Hall–Kier alpha value is 1.12. The van der Waals surface area contributed by atoms with Gasteiger partial charge in [-0.05, 0) is 6.16 Å². The van der Waals surface area contributed by atoms with E-state index in [0.717, 1.165) is 0 Å². The van der Waals surface area contributed by atoms with Crippen molar-refractivity contribution >= 4 is 70.3 Å². The summed E-state index contributed by atoms with van der Waals surface area (Å²) in [7, 11) is -5.36. The Labute approximate surface area is 104 Å². The molecular weight excluding hydrogens is 219 g/mol. The van der Waals surface area contributed by atoms with Crippen LogP contribution in [0.2, 0.25) is 0 Å². The van der Waals surface area contributed by atoms with Crippen LogP contribution in [0, 0.1) is 0 Å². The number of carbonyl (C=O) groups excluding carboxylic acids is 1. The normalized spacial score (nSPS) is 7.64. The van der Waals surface area contributed by atoms with Crippen molar-refractivity contribution < 1.29 is 34.2 Å². The first-order valence-corrected chi connectivity index (χ1v) is 3.12. The average molecular weight is 220 g/mol. The molecule has 0 radical (unpaired) electrons. The van der Waals surface area contributed by atoms with Gasteiger partial charge in [0.1, 0.15) is 0 Å². The van der Waals surface area contributed by atoms with Gasteiger partial charge in [-0.2, -0.15) is 0 Å². The van der Waals surface area contributed by atoms with E-state index in [1.54, 1.807) is 0 Å². The molecular formula is CHAlCaO7Si. The minimum absolute atomic E-state index is 0. The van der Waals surface area contributed by atoms with Crippen LogP contribution in [-0.4, -0.2) is 75.1 Å². The molecule has 10 heteroatoms. The molecule has 7 nitrogen and oxygen atoms in total. The van der Waals surface area contributed by atoms with Gasteiger partial charge in [-0.15, -0.1) is 9.05 Å². The van der Waals surface area contributed by atoms with Crippen molar-refractivity contribution in [1.82, 2.24) is 0 Å². The molecule has 0 aromatic rings. The van der Waals surface area contributed by atoms with Crippen molar-refractivity contribution in [2.24, 2.45) is 0 Å². The van der Waals surface area contributed by atoms with Crippen LogP contribution in [0.5, 0.6) is 0 Å². The zero-order valence-corrected chi connectivity index (χ0v) is 9.54. The molecule has 0 aliphatic heterocycles. The standard InChI is InChI=1S/CH2O3.Al.Ca.HO4Si/c2-1(3)4;;;1-5(2,3)4/h(H2,2,3,4);;;1H/q;+3;+2;-3/p-2. The van der Waals surface area contributed by atoms with Crippen molar-refractivity contribution in [2.45, 2.75) is 0 Å². The van der Waals surface area contributed by atoms with Crippen LogP contribution in [0.15, 0.2) is 0 Å². The average Bonchev–Trinajstić information content (AvgIpc) is 1.19. The molecule has 0 aromatic carbocycles. The Balaban J connectivity index is -0.0000000383. The topological polar surface area (TPSA) is 153 Å². The number of rotatable bonds is 0. The third kappa shape index (κ3) is 738. The predicted molar refractivity (Wildman–Crippen MR) is 24.9 cm³/mol. The molecule has 0 aliphatic carbocycles. The smallest absolute Gasteiger partial charge is 0.861 e. The van der Waals surface area contributed by atoms with Crippen LogP contribution in [-0.2, 0) is 0 Å². The van der Waals surface area contributed by atoms with Gasteiger partial charge in [0.15, 0.2) is 0 Å². The van der Waals surface area contributed by atoms with E-state index in [0.29, 0.717) is 0 Å². The quantitative estimate of drug-likeness (QED) is 0.397. The van der Waals surface area contributed by atoms with Crippen LogP contribution in [0.4, 0.5) is 4.79 Å². The monoisotopic (exact) mass is 220 g/mol. The van der Waals surface area contributed by atoms with E-state index in [1.807, 2.05) is 0 Å². The third-order valence-electron chi connectivity index (χ3n) is 0. The summed E-state index contributed by atoms with van der Waals surface area (Å²) in [6.45, 7) is 0. The second-order valence-corrected chi connectivity index (χ2v) is 1.82. The first-order chi connectivity index (χ1) is 3.73. The van der Waals surface area contributed by atoms with E-state index in [2.05, 4.69) is 0 Å². The van der Waals surface area contributed by atoms with Crippen molar-refractivity contribution in [2.75, 3.05) is 0 Å². The second-order valence-electron chi connectivity index (χ2n) is 0.774. The summed E-state index contributed by atoms with van der Waals surface area (Å²) in [5, 5.41) is 16.7. The fourth-order valence-corrected chi connectivity index (χ4v) is 0. The summed E-state index contributed by atoms with van der Waals surface area (Å²) in [6.07, 6.45) is -2.33. The Morgan fingerprint density at radius 1 is 1.18 bits per heavy atom. The summed E-state index contributed by atoms with van der Waals surface area (Å²) >= 11 is 0. The first kappa shape index (κ1) is 22.7. The van der Waals surface area contributed by atoms with E-state index >= 15 is 0 Å². The van der Waals surface area contributed by atoms with Crippen molar-refractivity contribution in [3.8, 4) is 0 Å². The number of carbonyl (C=O) groups is 1. The summed E-state index contributed by atoms with van der Waals surface area (Å²) < 4.78 is 0. The van der Waals surface area contributed by atoms with Crippen LogP contribution in [0.25, 0.3) is 0 Å². The van der Waals surface area contributed by atoms with Crippen LogP contribution in [0.3, 0.4) is 0 Å². The van der Waals surface area contributed by atoms with Gasteiger partial charge in [-0.25, -0.2) is 0 Å². The molecule has 0 unspecified atom stereocenters. The Kier molecular flexibility index (Phi) is 23.0. The molecule has 0 atom stereocenters. The van der Waals surface area contributed by atoms with E-state index < -0.39 is 15.2 Å². The number of carboxylic acid groups (broad SMARTS) is 2. The minimum Gasteiger partial charge on any atom is -0.861 e. The fraction of sp³-hybridized carbons (Fsp3) is 0. The van der Waals surface area contributed by atoms with Crippen LogP contribution in [0.1, 0.15) is 0 Å². The molecule has 0 aromatic heterocycles. The number of hydrogen-bond acceptors (Lipinski definition) is 7. The molecule has 1 N–H and O–H groups in total. The maximum Gasteiger partial charge on any atom is 3.00 e. The molecule has 11 heavy (non-hydrogen) atoms. The molecule has 0 fully saturated rings. The third-order valence-corrected chi connectivity index (χ3v) is 0. The van der Waals surface area contributed by atoms with Gasteiger partial charge < -0.3 is 34.2 Å². The first-order valence-electron chi connectivity index (χ1n) is 1.45. The fourth-order valence-electron chi connectivity index (χ4n) is 0. The van der Waals surface area contributed by atoms with Gasteiger partial charge in [-0.1, -0.05) is 0 Å². The van der Waals surface area contributed by atoms with E-state index in [-0.39, 0.29) is 55.1 Å². The molecule has 0 spiro atoms. The molecule has 0 amide bonds. The summed E-state index contributed by atoms with van der Waals surface area (Å²) in [6, 6.07) is 0. The van der Waals surface area contributed by atoms with Gasteiger partial charge in [0, 0.05) is 0 Å². The number of hydrogen-bond donors (Lipinski definition) is 1. The molecule has 0 saturated carbocycles. The molecule has 0 aliphatic rings. The summed E-state index contributed by atoms with van der Waals surface area (Å²) in [5.74, 6) is 0. The van der Waals surface area contributed by atoms with Gasteiger partial charge in [0.05, 0.1) is 0 Å². The van der Waals surface area contributed by atoms with Crippen LogP contribution < -0.4 is 24.6 Å². The van der Waals surface area contributed by atoms with Gasteiger partial charge >= 0.3 is 55.1 Å². The Bertz CT molecular complexity index is 80.9. The minimum atomic E-state index is -5.36. The predicted octanol–water partition coefficient (Wildman–Crippen LogP) is -7.71. The zero-order valence-electron chi connectivity index (χ0n) is 5.18. The van der Waals surface area contributed by atoms with Gasteiger partial charge in [0.2, 0.25) is 0 Å². The molecule has 0 rings (SSSR count). The maximum absolute atomic E-state index is 8.69. The molecule has 56 valence electrons. The van der Waals surface area contributed by atoms with Crippen molar-refractivity contribution in [3.05, 3.63) is 0 Å². The summed E-state index contributed by atoms with van der Waals surface area (Å²) in [5.41, 5.74) is 0. The van der Waals surface area contributed by atoms with Crippen LogP contribution >= 0.6 is 0 Å². The molecule has 0 saturated heterocycles. The molecule has 0 bridgehead atoms. The Morgan fingerprint density at radius 2 is 1.18 bits per heavy atom. The molecule has 0 heterocycles. The van der Waals surface area contributed by atoms with Crippen molar-refractivity contribution in [3.63, 3.8) is 0 Å². The summed E-state index contributed by atoms with van der Waals surface area (Å²) in [4.78, 5) is 41.4. The Morgan fingerprint density at radius 3 is 1.18 bits per heavy atom. The van der Waals surface area contributed by atoms with E-state index in [1.165, 1.54) is 0 Å². The SMILES string of the molecule is O=C([O-])[O-].[Al+3].[Ca+2].[O-][Si]([O-])([O-])O. The van der Waals surface area contributed by atoms with Gasteiger partial charge in [-0.3, -0.25) is 0 Å². The van der Waals surface area contributed by atoms with Crippen molar-refractivity contribution in [1.29, 1.82) is 0 Å². The largest absolute Gasteiger partial charge is 3.00 e. The van der Waals surface area contributed by atoms with Gasteiger partial charge in [0.25, 0.3) is 0 Å². The second kappa shape index (κ2) is 11.1. The van der Waals surface area contributed by atoms with E-state index in [4.69, 9.17) is 34.2 Å². The maximum atomic E-state index is 8.69. The van der Waals surface area contributed by atoms with E-state index in [9.17, 15) is 0 Å². The zero-order chi connectivity index (χ0) is 8.08.